The molecule has 4 N–H and O–H groups in total. The molecule has 9 heteroatoms. The van der Waals surface area contributed by atoms with E-state index in [1.54, 1.807) is 18.2 Å². The summed E-state index contributed by atoms with van der Waals surface area (Å²) in [5, 5.41) is 9.31. The van der Waals surface area contributed by atoms with Crippen LogP contribution in [0.3, 0.4) is 0 Å². The highest BCUT2D eigenvalue weighted by Gasteiger charge is 2.09. The number of benzene rings is 2. The fourth-order valence-electron chi connectivity index (χ4n) is 1.59. The summed E-state index contributed by atoms with van der Waals surface area (Å²) < 4.78 is 14.4. The van der Waals surface area contributed by atoms with Crippen molar-refractivity contribution in [3.63, 3.8) is 0 Å². The Morgan fingerprint density at radius 1 is 1.05 bits per heavy atom. The molecule has 0 saturated carbocycles. The van der Waals surface area contributed by atoms with Crippen LogP contribution in [-0.4, -0.2) is 24.8 Å². The van der Waals surface area contributed by atoms with Crippen molar-refractivity contribution in [3.8, 4) is 17.2 Å². The number of nitrogens with zero attached hydrogens (tertiary/aromatic N) is 1. The number of phosphoric acid groups is 1. The molecule has 1 aromatic rings. The lowest BCUT2D eigenvalue weighted by Gasteiger charge is -2.05. The maximum atomic E-state index is 11.1. The number of hydrogen-bond acceptors (Lipinski definition) is 5. The number of aromatic nitrogens is 1. The smallest absolute Gasteiger partial charge is 0.466 e. The Hall–Kier alpha value is -2.25. The first-order chi connectivity index (χ1) is 9.72. The van der Waals surface area contributed by atoms with E-state index in [0.29, 0.717) is 22.6 Å². The van der Waals surface area contributed by atoms with Gasteiger partial charge in [0.2, 0.25) is 0 Å². The molecule has 110 valence electrons. The van der Waals surface area contributed by atoms with Crippen LogP contribution in [0.2, 0.25) is 0 Å². The molecule has 0 unspecified atom stereocenters. The van der Waals surface area contributed by atoms with Gasteiger partial charge in [0.15, 0.2) is 16.8 Å². The predicted octanol–water partition coefficient (Wildman–Crippen LogP) is 1.07. The third kappa shape index (κ3) is 4.37. The Kier molecular flexibility index (Phi) is 4.06. The van der Waals surface area contributed by atoms with Crippen molar-refractivity contribution in [2.24, 2.45) is 0 Å². The van der Waals surface area contributed by atoms with Crippen LogP contribution >= 0.6 is 7.82 Å². The molecule has 0 fully saturated rings. The fraction of sp³-hybridized carbons (Fsp3) is 0. The van der Waals surface area contributed by atoms with Crippen molar-refractivity contribution in [1.82, 2.24) is 4.98 Å². The van der Waals surface area contributed by atoms with Gasteiger partial charge in [-0.05, 0) is 24.3 Å². The third-order valence-corrected chi connectivity index (χ3v) is 2.34. The summed E-state index contributed by atoms with van der Waals surface area (Å²) >= 11 is 0. The zero-order chi connectivity index (χ0) is 15.6. The molecule has 3 rings (SSSR count). The first kappa shape index (κ1) is 15.1. The molecule has 0 aromatic heterocycles. The zero-order valence-corrected chi connectivity index (χ0v) is 11.3. The maximum absolute atomic E-state index is 11.1. The lowest BCUT2D eigenvalue weighted by Crippen LogP contribution is -1.99. The number of fused-ring (bicyclic) bond motifs is 2. The molecule has 0 atom stereocenters. The molecule has 0 radical (unpaired) electrons. The molecule has 0 amide bonds. The van der Waals surface area contributed by atoms with Gasteiger partial charge in [0, 0.05) is 12.1 Å². The lowest BCUT2D eigenvalue weighted by atomic mass is 10.2. The molecule has 1 aliphatic carbocycles. The van der Waals surface area contributed by atoms with Gasteiger partial charge < -0.3 is 24.2 Å². The van der Waals surface area contributed by atoms with Gasteiger partial charge >= 0.3 is 7.82 Å². The molecule has 0 spiro atoms. The monoisotopic (exact) mass is 311 g/mol. The Morgan fingerprint density at radius 2 is 1.71 bits per heavy atom. The summed E-state index contributed by atoms with van der Waals surface area (Å²) in [5.41, 5.74) is 1.59. The van der Waals surface area contributed by atoms with Gasteiger partial charge in [-0.25, -0.2) is 9.55 Å². The molecule has 0 saturated heterocycles. The van der Waals surface area contributed by atoms with Crippen LogP contribution in [0.5, 0.6) is 5.75 Å². The minimum absolute atomic E-state index is 0.107. The van der Waals surface area contributed by atoms with Gasteiger partial charge in [0.25, 0.3) is 0 Å². The van der Waals surface area contributed by atoms with Crippen LogP contribution in [0.1, 0.15) is 0 Å². The van der Waals surface area contributed by atoms with Gasteiger partial charge in [-0.2, -0.15) is 0 Å². The van der Waals surface area contributed by atoms with Crippen molar-refractivity contribution >= 4 is 18.9 Å². The molecule has 2 aliphatic rings. The molecule has 0 bridgehead atoms. The number of hydrogen-bond donors (Lipinski definition) is 4. The lowest BCUT2D eigenvalue weighted by molar-refractivity contribution is 0.275. The summed E-state index contributed by atoms with van der Waals surface area (Å²) in [5.74, 6) is 0.529. The van der Waals surface area contributed by atoms with E-state index in [9.17, 15) is 9.90 Å². The van der Waals surface area contributed by atoms with Gasteiger partial charge in [0.05, 0.1) is 0 Å². The topological polar surface area (TPSA) is 141 Å². The summed E-state index contributed by atoms with van der Waals surface area (Å²) in [4.78, 5) is 37.0. The Bertz CT molecular complexity index is 845. The van der Waals surface area contributed by atoms with Crippen molar-refractivity contribution in [1.29, 1.82) is 0 Å². The summed E-state index contributed by atoms with van der Waals surface area (Å²) in [6.07, 6.45) is 0. The van der Waals surface area contributed by atoms with Crippen LogP contribution in [0.4, 0.5) is 0 Å². The predicted molar refractivity (Wildman–Crippen MR) is 72.8 cm³/mol. The van der Waals surface area contributed by atoms with Crippen LogP contribution in [0.25, 0.3) is 22.6 Å². The van der Waals surface area contributed by atoms with Crippen LogP contribution in [-0.2, 0) is 4.57 Å². The van der Waals surface area contributed by atoms with E-state index in [1.165, 1.54) is 18.2 Å². The fourth-order valence-corrected chi connectivity index (χ4v) is 1.59. The van der Waals surface area contributed by atoms with E-state index in [0.717, 1.165) is 0 Å². The maximum Gasteiger partial charge on any atom is 0.466 e. The second-order valence-electron chi connectivity index (χ2n) is 4.01. The Balaban J connectivity index is 0.000000282. The molecule has 1 aromatic carbocycles. The van der Waals surface area contributed by atoms with E-state index < -0.39 is 7.82 Å². The first-order valence-corrected chi connectivity index (χ1v) is 7.11. The summed E-state index contributed by atoms with van der Waals surface area (Å²) in [6, 6.07) is 9.12. The highest BCUT2D eigenvalue weighted by molar-refractivity contribution is 7.45. The standard InChI is InChI=1S/C12H7NO3.H3O4P/c14-7-1-3-9-11(5-7)16-12-6-8(15)2-4-10(12)13-9;1-5(2,3)4/h1-6,14H;(H3,1,2,3,4). The summed E-state index contributed by atoms with van der Waals surface area (Å²) in [6.45, 7) is 0. The van der Waals surface area contributed by atoms with Crippen LogP contribution in [0.15, 0.2) is 45.6 Å². The Morgan fingerprint density at radius 3 is 2.38 bits per heavy atom. The van der Waals surface area contributed by atoms with E-state index in [1.807, 2.05) is 0 Å². The molecular formula is C12H10NO7P. The van der Waals surface area contributed by atoms with E-state index in [4.69, 9.17) is 23.7 Å². The zero-order valence-electron chi connectivity index (χ0n) is 10.4. The first-order valence-electron chi connectivity index (χ1n) is 5.54. The van der Waals surface area contributed by atoms with E-state index in [2.05, 4.69) is 4.98 Å². The van der Waals surface area contributed by atoms with Gasteiger partial charge in [0.1, 0.15) is 17.0 Å². The van der Waals surface area contributed by atoms with Crippen molar-refractivity contribution in [3.05, 3.63) is 46.6 Å². The molecule has 1 heterocycles. The van der Waals surface area contributed by atoms with E-state index >= 15 is 0 Å². The minimum Gasteiger partial charge on any atom is -0.508 e. The average Bonchev–Trinajstić information content (AvgIpc) is 2.34. The molecule has 8 nitrogen and oxygen atoms in total. The SMILES string of the molecule is O=P(O)(O)O.O=c1ccc2nc3ccc(O)cc3oc-2c1. The van der Waals surface area contributed by atoms with Gasteiger partial charge in [-0.1, -0.05) is 0 Å². The minimum atomic E-state index is -4.64. The number of phenolic OH excluding ortho intramolecular Hbond substituents is 1. The van der Waals surface area contributed by atoms with Crippen molar-refractivity contribution in [2.75, 3.05) is 0 Å². The van der Waals surface area contributed by atoms with Crippen molar-refractivity contribution in [2.45, 2.75) is 0 Å². The second kappa shape index (κ2) is 5.63. The molecular weight excluding hydrogens is 301 g/mol. The average molecular weight is 311 g/mol. The van der Waals surface area contributed by atoms with Crippen LogP contribution in [0, 0.1) is 0 Å². The van der Waals surface area contributed by atoms with Crippen molar-refractivity contribution < 1.29 is 28.8 Å². The quantitative estimate of drug-likeness (QED) is 0.357. The number of rotatable bonds is 0. The number of phenols is 1. The summed E-state index contributed by atoms with van der Waals surface area (Å²) in [7, 11) is -4.64. The highest BCUT2D eigenvalue weighted by atomic mass is 31.2. The normalized spacial score (nSPS) is 11.2. The van der Waals surface area contributed by atoms with E-state index in [-0.39, 0.29) is 11.2 Å². The number of aromatic hydroxyl groups is 1. The largest absolute Gasteiger partial charge is 0.508 e. The van der Waals surface area contributed by atoms with Gasteiger partial charge in [-0.3, -0.25) is 4.79 Å². The third-order valence-electron chi connectivity index (χ3n) is 2.34. The second-order valence-corrected chi connectivity index (χ2v) is 5.04. The molecule has 21 heavy (non-hydrogen) atoms. The molecule has 1 aliphatic heterocycles. The van der Waals surface area contributed by atoms with Crippen LogP contribution < -0.4 is 5.43 Å². The Labute approximate surface area is 117 Å². The highest BCUT2D eigenvalue weighted by Crippen LogP contribution is 2.26. The van der Waals surface area contributed by atoms with Gasteiger partial charge in [-0.15, -0.1) is 0 Å².